The Morgan fingerprint density at radius 2 is 2.07 bits per heavy atom. The van der Waals surface area contributed by atoms with Crippen molar-refractivity contribution < 1.29 is 19.0 Å². The molecule has 6 nitrogen and oxygen atoms in total. The number of alkyl carbamates (subject to hydrolysis) is 1. The molecule has 0 radical (unpaired) electrons. The number of fused-ring (bicyclic) bond motifs is 3. The highest BCUT2D eigenvalue weighted by Gasteiger charge is 2.23. The van der Waals surface area contributed by atoms with Crippen LogP contribution in [0, 0.1) is 5.92 Å². The minimum atomic E-state index is -0.544. The zero-order valence-corrected chi connectivity index (χ0v) is 19.7. The van der Waals surface area contributed by atoms with Gasteiger partial charge in [-0.15, -0.1) is 0 Å². The van der Waals surface area contributed by atoms with Crippen molar-refractivity contribution in [3.63, 3.8) is 0 Å². The molecule has 1 N–H and O–H groups in total. The topological polar surface area (TPSA) is 69.7 Å². The smallest absolute Gasteiger partial charge is 0.407 e. The van der Waals surface area contributed by atoms with E-state index in [2.05, 4.69) is 40.1 Å². The molecule has 1 aromatic carbocycles. The van der Waals surface area contributed by atoms with Crippen molar-refractivity contribution in [1.82, 2.24) is 10.3 Å². The van der Waals surface area contributed by atoms with Crippen LogP contribution < -0.4 is 14.8 Å². The summed E-state index contributed by atoms with van der Waals surface area (Å²) < 4.78 is 18.2. The number of ether oxygens (including phenoxy) is 3. The van der Waals surface area contributed by atoms with E-state index in [4.69, 9.17) is 14.2 Å². The zero-order chi connectivity index (χ0) is 21.9. The van der Waals surface area contributed by atoms with Gasteiger partial charge < -0.3 is 19.5 Å². The van der Waals surface area contributed by atoms with Gasteiger partial charge in [0.2, 0.25) is 0 Å². The molecule has 162 valence electrons. The SMILES string of the molecule is CC(C)C[C@@H](COc1cc2c(cc1Br)-c1cnccc1CO2)NC(=O)OC(C)(C)C. The number of rotatable bonds is 6. The van der Waals surface area contributed by atoms with Crippen molar-refractivity contribution in [2.24, 2.45) is 5.92 Å². The Morgan fingerprint density at radius 1 is 1.30 bits per heavy atom. The predicted octanol–water partition coefficient (Wildman–Crippen LogP) is 5.72. The number of carbonyl (C=O) groups is 1. The van der Waals surface area contributed by atoms with E-state index in [9.17, 15) is 4.79 Å². The maximum absolute atomic E-state index is 12.2. The highest BCUT2D eigenvalue weighted by molar-refractivity contribution is 9.10. The van der Waals surface area contributed by atoms with Gasteiger partial charge in [-0.25, -0.2) is 4.79 Å². The fourth-order valence-corrected chi connectivity index (χ4v) is 3.78. The summed E-state index contributed by atoms with van der Waals surface area (Å²) in [6.07, 6.45) is 3.96. The molecule has 7 heteroatoms. The molecule has 0 spiro atoms. The molecule has 0 saturated carbocycles. The highest BCUT2D eigenvalue weighted by atomic mass is 79.9. The summed E-state index contributed by atoms with van der Waals surface area (Å²) >= 11 is 3.61. The normalized spacial score (nSPS) is 13.7. The Hall–Kier alpha value is -2.28. The van der Waals surface area contributed by atoms with E-state index < -0.39 is 11.7 Å². The van der Waals surface area contributed by atoms with Gasteiger partial charge in [-0.05, 0) is 61.2 Å². The van der Waals surface area contributed by atoms with Crippen molar-refractivity contribution in [2.45, 2.75) is 59.3 Å². The summed E-state index contributed by atoms with van der Waals surface area (Å²) in [6, 6.07) is 5.67. The van der Waals surface area contributed by atoms with Crippen LogP contribution in [0.3, 0.4) is 0 Å². The summed E-state index contributed by atoms with van der Waals surface area (Å²) in [5.41, 5.74) is 2.61. The fraction of sp³-hybridized carbons (Fsp3) is 0.478. The Bertz CT molecular complexity index is 909. The lowest BCUT2D eigenvalue weighted by Gasteiger charge is -2.25. The van der Waals surface area contributed by atoms with Crippen LogP contribution >= 0.6 is 15.9 Å². The van der Waals surface area contributed by atoms with E-state index in [0.717, 1.165) is 33.3 Å². The molecule has 1 aliphatic rings. The first-order chi connectivity index (χ1) is 14.1. The van der Waals surface area contributed by atoms with Gasteiger partial charge >= 0.3 is 6.09 Å². The van der Waals surface area contributed by atoms with Crippen molar-refractivity contribution in [1.29, 1.82) is 0 Å². The summed E-state index contributed by atoms with van der Waals surface area (Å²) in [6.45, 7) is 10.6. The molecule has 0 unspecified atom stereocenters. The second-order valence-electron chi connectivity index (χ2n) is 8.88. The molecule has 0 aliphatic carbocycles. The second kappa shape index (κ2) is 9.25. The van der Waals surface area contributed by atoms with E-state index in [-0.39, 0.29) is 6.04 Å². The van der Waals surface area contributed by atoms with Crippen LogP contribution in [0.5, 0.6) is 11.5 Å². The van der Waals surface area contributed by atoms with E-state index >= 15 is 0 Å². The molecular formula is C23H29BrN2O4. The average molecular weight is 477 g/mol. The minimum Gasteiger partial charge on any atom is -0.490 e. The molecule has 2 aromatic rings. The number of pyridine rings is 1. The number of nitrogens with one attached hydrogen (secondary N) is 1. The third kappa shape index (κ3) is 5.88. The molecule has 1 aliphatic heterocycles. The second-order valence-corrected chi connectivity index (χ2v) is 9.74. The Balaban J connectivity index is 1.72. The Kier molecular flexibility index (Phi) is 6.91. The third-order valence-electron chi connectivity index (χ3n) is 4.54. The van der Waals surface area contributed by atoms with Crippen molar-refractivity contribution >= 4 is 22.0 Å². The lowest BCUT2D eigenvalue weighted by Crippen LogP contribution is -2.42. The molecule has 2 heterocycles. The van der Waals surface area contributed by atoms with Crippen molar-refractivity contribution in [3.8, 4) is 22.6 Å². The predicted molar refractivity (Wildman–Crippen MR) is 120 cm³/mol. The number of carbonyl (C=O) groups excluding carboxylic acids is 1. The van der Waals surface area contributed by atoms with E-state index in [1.807, 2.05) is 45.2 Å². The van der Waals surface area contributed by atoms with E-state index in [1.54, 1.807) is 6.20 Å². The quantitative estimate of drug-likeness (QED) is 0.576. The molecular weight excluding hydrogens is 448 g/mol. The molecule has 1 aromatic heterocycles. The van der Waals surface area contributed by atoms with E-state index in [1.165, 1.54) is 0 Å². The number of hydrogen-bond acceptors (Lipinski definition) is 5. The van der Waals surface area contributed by atoms with Crippen LogP contribution in [-0.2, 0) is 11.3 Å². The van der Waals surface area contributed by atoms with Gasteiger partial charge in [0.1, 0.15) is 30.3 Å². The zero-order valence-electron chi connectivity index (χ0n) is 18.1. The number of hydrogen-bond donors (Lipinski definition) is 1. The fourth-order valence-electron chi connectivity index (χ4n) is 3.32. The minimum absolute atomic E-state index is 0.173. The maximum atomic E-state index is 12.2. The monoisotopic (exact) mass is 476 g/mol. The van der Waals surface area contributed by atoms with Gasteiger partial charge in [-0.3, -0.25) is 4.98 Å². The third-order valence-corrected chi connectivity index (χ3v) is 5.16. The molecule has 1 amide bonds. The maximum Gasteiger partial charge on any atom is 0.407 e. The largest absolute Gasteiger partial charge is 0.490 e. The highest BCUT2D eigenvalue weighted by Crippen LogP contribution is 2.42. The van der Waals surface area contributed by atoms with Gasteiger partial charge in [0, 0.05) is 35.2 Å². The first-order valence-corrected chi connectivity index (χ1v) is 10.9. The standard InChI is InChI=1S/C23H29BrN2O4/c1-14(2)8-16(26-22(27)30-23(3,4)5)13-29-21-10-20-17(9-19(21)24)18-11-25-7-6-15(18)12-28-20/h6-7,9-11,14,16H,8,12-13H2,1-5H3,(H,26,27)/t16-/m0/s1. The lowest BCUT2D eigenvalue weighted by atomic mass is 9.99. The lowest BCUT2D eigenvalue weighted by molar-refractivity contribution is 0.0480. The van der Waals surface area contributed by atoms with Crippen molar-refractivity contribution in [3.05, 3.63) is 40.6 Å². The van der Waals surface area contributed by atoms with Gasteiger partial charge in [0.05, 0.1) is 10.5 Å². The number of halogens is 1. The molecule has 0 bridgehead atoms. The number of amides is 1. The molecule has 3 rings (SSSR count). The van der Waals surface area contributed by atoms with Crippen LogP contribution in [0.25, 0.3) is 11.1 Å². The van der Waals surface area contributed by atoms with Crippen LogP contribution in [0.4, 0.5) is 4.79 Å². The van der Waals surface area contributed by atoms with Gasteiger partial charge in [0.25, 0.3) is 0 Å². The van der Waals surface area contributed by atoms with Crippen LogP contribution in [0.15, 0.2) is 35.1 Å². The van der Waals surface area contributed by atoms with Gasteiger partial charge in [-0.2, -0.15) is 0 Å². The molecule has 30 heavy (non-hydrogen) atoms. The first kappa shape index (κ1) is 22.4. The first-order valence-electron chi connectivity index (χ1n) is 10.1. The summed E-state index contributed by atoms with van der Waals surface area (Å²) in [5.74, 6) is 1.82. The van der Waals surface area contributed by atoms with Crippen LogP contribution in [0.1, 0.15) is 46.6 Å². The van der Waals surface area contributed by atoms with Gasteiger partial charge in [-0.1, -0.05) is 13.8 Å². The van der Waals surface area contributed by atoms with Crippen LogP contribution in [-0.4, -0.2) is 29.3 Å². The molecule has 1 atom stereocenters. The van der Waals surface area contributed by atoms with Gasteiger partial charge in [0.15, 0.2) is 0 Å². The number of nitrogens with zero attached hydrogens (tertiary/aromatic N) is 1. The summed E-state index contributed by atoms with van der Waals surface area (Å²) in [5, 5.41) is 2.93. The Labute approximate surface area is 186 Å². The van der Waals surface area contributed by atoms with Crippen molar-refractivity contribution in [2.75, 3.05) is 6.61 Å². The molecule has 0 saturated heterocycles. The summed E-state index contributed by atoms with van der Waals surface area (Å²) in [4.78, 5) is 16.4. The van der Waals surface area contributed by atoms with Crippen LogP contribution in [0.2, 0.25) is 0 Å². The number of benzene rings is 1. The summed E-state index contributed by atoms with van der Waals surface area (Å²) in [7, 11) is 0. The Morgan fingerprint density at radius 3 is 2.77 bits per heavy atom. The molecule has 0 fully saturated rings. The average Bonchev–Trinajstić information content (AvgIpc) is 2.64. The van der Waals surface area contributed by atoms with E-state index in [0.29, 0.717) is 24.9 Å². The number of aromatic nitrogens is 1.